The lowest BCUT2D eigenvalue weighted by molar-refractivity contribution is -0.399. The van der Waals surface area contributed by atoms with Crippen molar-refractivity contribution in [2.24, 2.45) is 46.3 Å². The van der Waals surface area contributed by atoms with Gasteiger partial charge in [-0.1, -0.05) is 39.3 Å². The van der Waals surface area contributed by atoms with E-state index in [0.29, 0.717) is 35.5 Å². The summed E-state index contributed by atoms with van der Waals surface area (Å²) in [5, 5.41) is 0. The largest absolute Gasteiger partial charge is 0.382 e. The van der Waals surface area contributed by atoms with Crippen molar-refractivity contribution in [1.82, 2.24) is 0 Å². The molecule has 0 bridgehead atoms. The Bertz CT molecular complexity index is 2060. The zero-order valence-corrected chi connectivity index (χ0v) is 51.7. The SMILES string of the molecule is COCC1OC(OC2CCC3(C)C(=CCC4C3CCC3(C)C4CC4OC5(CCC(C)CO5)C(C)C43)C2)C(OC2OC(C)C(OC)C(OC)C2OC)C(OC)C1OC1OC(C)C(OC2OC(C)C(OC)C(OC)C2OC)C(OC)C1OC. The molecule has 20 heteroatoms. The lowest BCUT2D eigenvalue weighted by Crippen LogP contribution is -2.68. The summed E-state index contributed by atoms with van der Waals surface area (Å²) >= 11 is 0. The molecule has 466 valence electrons. The topological polar surface area (TPSA) is 185 Å². The van der Waals surface area contributed by atoms with Gasteiger partial charge < -0.3 is 94.7 Å². The van der Waals surface area contributed by atoms with Gasteiger partial charge in [-0.3, -0.25) is 0 Å². The molecular weight excluding hydrogens is 1050 g/mol. The molecule has 10 aliphatic rings. The molecule has 6 saturated heterocycles. The summed E-state index contributed by atoms with van der Waals surface area (Å²) in [5.41, 5.74) is 1.78. The minimum absolute atomic E-state index is 0.0603. The molecule has 0 aromatic rings. The molecule has 31 unspecified atom stereocenters. The molecule has 3 saturated carbocycles. The molecule has 20 nitrogen and oxygen atoms in total. The Morgan fingerprint density at radius 2 is 1.01 bits per heavy atom. The monoisotopic (exact) mass is 1150 g/mol. The number of rotatable bonds is 19. The minimum atomic E-state index is -1.02. The molecule has 4 aliphatic carbocycles. The Kier molecular flexibility index (Phi) is 20.2. The molecule has 81 heavy (non-hydrogen) atoms. The smallest absolute Gasteiger partial charge is 0.187 e. The highest BCUT2D eigenvalue weighted by molar-refractivity contribution is 5.26. The fourth-order valence-electron chi connectivity index (χ4n) is 17.9. The fraction of sp³-hybridized carbons (Fsp3) is 0.967. The van der Waals surface area contributed by atoms with E-state index in [0.717, 1.165) is 45.1 Å². The van der Waals surface area contributed by atoms with Crippen molar-refractivity contribution >= 4 is 0 Å². The van der Waals surface area contributed by atoms with E-state index in [-0.39, 0.29) is 41.9 Å². The Hall–Kier alpha value is -1.06. The van der Waals surface area contributed by atoms with E-state index < -0.39 is 116 Å². The second-order valence-corrected chi connectivity index (χ2v) is 26.0. The van der Waals surface area contributed by atoms with Crippen LogP contribution in [0, 0.1) is 46.3 Å². The van der Waals surface area contributed by atoms with Crippen LogP contribution in [0.25, 0.3) is 0 Å². The van der Waals surface area contributed by atoms with E-state index in [1.165, 1.54) is 24.8 Å². The van der Waals surface area contributed by atoms with Crippen molar-refractivity contribution in [2.45, 2.75) is 247 Å². The first-order valence-corrected chi connectivity index (χ1v) is 30.4. The maximum absolute atomic E-state index is 7.31. The molecule has 6 heterocycles. The Labute approximate surface area is 482 Å². The van der Waals surface area contributed by atoms with Crippen molar-refractivity contribution < 1.29 is 94.7 Å². The molecule has 10 rings (SSSR count). The maximum atomic E-state index is 7.31. The van der Waals surface area contributed by atoms with Gasteiger partial charge in [-0.25, -0.2) is 0 Å². The molecule has 0 amide bonds. The Morgan fingerprint density at radius 3 is 1.54 bits per heavy atom. The molecule has 0 aromatic carbocycles. The molecule has 0 aromatic heterocycles. The van der Waals surface area contributed by atoms with Crippen molar-refractivity contribution in [1.29, 1.82) is 0 Å². The third-order valence-electron chi connectivity index (χ3n) is 22.1. The van der Waals surface area contributed by atoms with Gasteiger partial charge in [-0.05, 0) is 113 Å². The average Bonchev–Trinajstić information content (AvgIpc) is 2.02. The number of methoxy groups -OCH3 is 10. The van der Waals surface area contributed by atoms with Crippen molar-refractivity contribution in [2.75, 3.05) is 84.3 Å². The minimum Gasteiger partial charge on any atom is -0.382 e. The van der Waals surface area contributed by atoms with E-state index in [4.69, 9.17) is 94.7 Å². The van der Waals surface area contributed by atoms with E-state index in [1.807, 2.05) is 20.8 Å². The molecule has 31 atom stereocenters. The number of ether oxygens (including phenoxy) is 20. The maximum Gasteiger partial charge on any atom is 0.187 e. The summed E-state index contributed by atoms with van der Waals surface area (Å²) in [6.07, 6.45) is -1.83. The number of allylic oxidation sites excluding steroid dienone is 1. The van der Waals surface area contributed by atoms with Gasteiger partial charge in [0, 0.05) is 83.4 Å². The second kappa shape index (κ2) is 25.9. The number of hydrogen-bond acceptors (Lipinski definition) is 20. The van der Waals surface area contributed by atoms with Crippen LogP contribution in [0.3, 0.4) is 0 Å². The van der Waals surface area contributed by atoms with Crippen LogP contribution in [0.5, 0.6) is 0 Å². The van der Waals surface area contributed by atoms with Crippen LogP contribution >= 0.6 is 0 Å². The van der Waals surface area contributed by atoms with E-state index >= 15 is 0 Å². The average molecular weight is 1160 g/mol. The van der Waals surface area contributed by atoms with Crippen LogP contribution in [-0.4, -0.2) is 225 Å². The van der Waals surface area contributed by atoms with Gasteiger partial charge >= 0.3 is 0 Å². The molecule has 9 fully saturated rings. The predicted octanol–water partition coefficient (Wildman–Crippen LogP) is 6.63. The number of hydrogen-bond donors (Lipinski definition) is 0. The van der Waals surface area contributed by atoms with Crippen LogP contribution in [-0.2, 0) is 94.7 Å². The van der Waals surface area contributed by atoms with Crippen molar-refractivity contribution in [3.63, 3.8) is 0 Å². The zero-order valence-electron chi connectivity index (χ0n) is 51.7. The van der Waals surface area contributed by atoms with Crippen LogP contribution in [0.1, 0.15) is 106 Å². The predicted molar refractivity (Wildman–Crippen MR) is 292 cm³/mol. The van der Waals surface area contributed by atoms with Crippen LogP contribution in [0.4, 0.5) is 0 Å². The van der Waals surface area contributed by atoms with Crippen molar-refractivity contribution in [3.05, 3.63) is 11.6 Å². The highest BCUT2D eigenvalue weighted by atomic mass is 16.8. The highest BCUT2D eigenvalue weighted by Gasteiger charge is 2.69. The van der Waals surface area contributed by atoms with E-state index in [9.17, 15) is 0 Å². The fourth-order valence-corrected chi connectivity index (χ4v) is 17.9. The third kappa shape index (κ3) is 11.2. The molecule has 0 radical (unpaired) electrons. The van der Waals surface area contributed by atoms with Crippen LogP contribution < -0.4 is 0 Å². The van der Waals surface area contributed by atoms with Crippen LogP contribution in [0.2, 0.25) is 0 Å². The second-order valence-electron chi connectivity index (χ2n) is 26.0. The van der Waals surface area contributed by atoms with Gasteiger partial charge in [0.1, 0.15) is 79.4 Å². The van der Waals surface area contributed by atoms with Gasteiger partial charge in [0.05, 0.1) is 43.7 Å². The van der Waals surface area contributed by atoms with Crippen LogP contribution in [0.15, 0.2) is 11.6 Å². The summed E-state index contributed by atoms with van der Waals surface area (Å²) in [7, 11) is 16.2. The molecule has 1 spiro atoms. The Morgan fingerprint density at radius 1 is 0.506 bits per heavy atom. The summed E-state index contributed by atoms with van der Waals surface area (Å²) in [4.78, 5) is 0. The third-order valence-corrected chi connectivity index (χ3v) is 22.1. The van der Waals surface area contributed by atoms with Gasteiger partial charge in [-0.15, -0.1) is 0 Å². The summed E-state index contributed by atoms with van der Waals surface area (Å²) in [6.45, 7) is 16.6. The summed E-state index contributed by atoms with van der Waals surface area (Å²) in [6, 6.07) is 0. The zero-order chi connectivity index (χ0) is 57.9. The molecular formula is C61H102O20. The van der Waals surface area contributed by atoms with E-state index in [1.54, 1.807) is 71.1 Å². The summed E-state index contributed by atoms with van der Waals surface area (Å²) < 4.78 is 130. The van der Waals surface area contributed by atoms with Crippen molar-refractivity contribution in [3.8, 4) is 0 Å². The number of fused-ring (bicyclic) bond motifs is 7. The normalized spacial score (nSPS) is 52.7. The first-order valence-electron chi connectivity index (χ1n) is 30.4. The van der Waals surface area contributed by atoms with Gasteiger partial charge in [0.15, 0.2) is 30.9 Å². The van der Waals surface area contributed by atoms with Gasteiger partial charge in [0.25, 0.3) is 0 Å². The first-order chi connectivity index (χ1) is 38.9. The Balaban J connectivity index is 0.890. The quantitative estimate of drug-likeness (QED) is 0.125. The van der Waals surface area contributed by atoms with Gasteiger partial charge in [0.2, 0.25) is 0 Å². The highest BCUT2D eigenvalue weighted by Crippen LogP contribution is 2.71. The summed E-state index contributed by atoms with van der Waals surface area (Å²) in [5.74, 6) is 2.92. The first kappa shape index (κ1) is 63.0. The molecule has 0 N–H and O–H groups in total. The molecule has 6 aliphatic heterocycles. The lowest BCUT2D eigenvalue weighted by atomic mass is 9.47. The van der Waals surface area contributed by atoms with Gasteiger partial charge in [-0.2, -0.15) is 0 Å². The lowest BCUT2D eigenvalue weighted by Gasteiger charge is -2.59. The van der Waals surface area contributed by atoms with E-state index in [2.05, 4.69) is 33.8 Å². The standard InChI is InChI=1S/C61H102O20/c1-30-20-25-61(72-28-30)31(2)42-40(81-61)27-39-37-19-18-35-26-36(21-23-59(35,6)38(37)22-24-60(39,42)7)76-58-54(80-57-52(70-16)48(66-12)44(64-10)33(4)74-57)50(68-14)46(41(77-58)29-62-8)79-56-53(71-17)49(67-13)45(34(5)75-56)78-55-51(69-15)47(65-11)43(63-9)32(3)73-55/h18,30-34,36-58H,19-29H2,1-17H3.